The van der Waals surface area contributed by atoms with E-state index in [4.69, 9.17) is 4.74 Å². The highest BCUT2D eigenvalue weighted by atomic mass is 16.6. The largest absolute Gasteiger partial charge is 0.388 e. The minimum atomic E-state index is -1.73. The third kappa shape index (κ3) is 11.7. The van der Waals surface area contributed by atoms with E-state index in [0.717, 1.165) is 19.3 Å². The normalized spacial score (nSPS) is 27.4. The average molecular weight is 417 g/mol. The maximum atomic E-state index is 10.3. The quantitative estimate of drug-likeness (QED) is 0.240. The molecule has 1 aliphatic rings. The highest BCUT2D eigenvalue weighted by molar-refractivity contribution is 4.91. The van der Waals surface area contributed by atoms with E-state index in [1.165, 1.54) is 89.9 Å². The maximum Gasteiger partial charge on any atom is 0.194 e. The molecule has 4 N–H and O–H groups in total. The van der Waals surface area contributed by atoms with Crippen molar-refractivity contribution in [3.8, 4) is 0 Å². The highest BCUT2D eigenvalue weighted by Gasteiger charge is 2.47. The average Bonchev–Trinajstić information content (AvgIpc) is 2.72. The van der Waals surface area contributed by atoms with E-state index in [1.807, 2.05) is 0 Å². The molecule has 0 unspecified atom stereocenters. The first kappa shape index (κ1) is 26.8. The van der Waals surface area contributed by atoms with Gasteiger partial charge in [0.1, 0.15) is 18.3 Å². The van der Waals surface area contributed by atoms with Gasteiger partial charge in [0.2, 0.25) is 0 Å². The molecule has 0 radical (unpaired) electrons. The zero-order chi connectivity index (χ0) is 21.4. The van der Waals surface area contributed by atoms with Crippen LogP contribution >= 0.6 is 0 Å². The maximum absolute atomic E-state index is 10.3. The summed E-state index contributed by atoms with van der Waals surface area (Å²) >= 11 is 0. The number of hydrogen-bond acceptors (Lipinski definition) is 5. The standard InChI is InChI=1S/C24H48O5/c1-2-3-4-5-6-7-8-9-10-11-12-13-14-15-16-17-18-19-24(28)23(27)22(26)21(25)20-29-24/h21-23,25-28H,2-20H2,1H3/t21-,22+,23-,24-/m1/s1. The lowest BCUT2D eigenvalue weighted by atomic mass is 9.92. The lowest BCUT2D eigenvalue weighted by Gasteiger charge is -2.41. The van der Waals surface area contributed by atoms with E-state index in [0.29, 0.717) is 0 Å². The molecule has 1 rings (SSSR count). The SMILES string of the molecule is CCCCCCCCCCCCCCCCCCC[C@@]1(O)OC[C@@H](O)[C@H](O)[C@H]1O. The van der Waals surface area contributed by atoms with Crippen molar-refractivity contribution in [3.05, 3.63) is 0 Å². The number of aliphatic hydroxyl groups excluding tert-OH is 3. The van der Waals surface area contributed by atoms with E-state index in [9.17, 15) is 20.4 Å². The van der Waals surface area contributed by atoms with E-state index >= 15 is 0 Å². The zero-order valence-corrected chi connectivity index (χ0v) is 18.9. The van der Waals surface area contributed by atoms with Crippen molar-refractivity contribution in [2.24, 2.45) is 0 Å². The predicted molar refractivity (Wildman–Crippen MR) is 118 cm³/mol. The van der Waals surface area contributed by atoms with Crippen LogP contribution in [0.4, 0.5) is 0 Å². The molecule has 5 nitrogen and oxygen atoms in total. The van der Waals surface area contributed by atoms with Crippen molar-refractivity contribution in [1.82, 2.24) is 0 Å². The second kappa shape index (κ2) is 16.5. The molecule has 0 spiro atoms. The van der Waals surface area contributed by atoms with Gasteiger partial charge in [0.05, 0.1) is 6.61 Å². The number of hydrogen-bond donors (Lipinski definition) is 4. The third-order valence-corrected chi connectivity index (χ3v) is 6.32. The molecule has 0 aromatic heterocycles. The van der Waals surface area contributed by atoms with Gasteiger partial charge < -0.3 is 25.2 Å². The van der Waals surface area contributed by atoms with Crippen molar-refractivity contribution < 1.29 is 25.2 Å². The molecule has 1 aliphatic heterocycles. The molecular weight excluding hydrogens is 368 g/mol. The number of rotatable bonds is 18. The van der Waals surface area contributed by atoms with Crippen LogP contribution in [0.1, 0.15) is 122 Å². The first-order valence-corrected chi connectivity index (χ1v) is 12.4. The van der Waals surface area contributed by atoms with Crippen LogP contribution in [-0.2, 0) is 4.74 Å². The van der Waals surface area contributed by atoms with Crippen LogP contribution < -0.4 is 0 Å². The molecule has 1 heterocycles. The lowest BCUT2D eigenvalue weighted by Crippen LogP contribution is -2.60. The Morgan fingerprint density at radius 2 is 1.03 bits per heavy atom. The topological polar surface area (TPSA) is 90.2 Å². The molecule has 0 bridgehead atoms. The summed E-state index contributed by atoms with van der Waals surface area (Å²) in [5.41, 5.74) is 0. The fraction of sp³-hybridized carbons (Fsp3) is 1.00. The van der Waals surface area contributed by atoms with Crippen molar-refractivity contribution in [2.45, 2.75) is 147 Å². The van der Waals surface area contributed by atoms with Crippen molar-refractivity contribution >= 4 is 0 Å². The smallest absolute Gasteiger partial charge is 0.194 e. The van der Waals surface area contributed by atoms with E-state index < -0.39 is 24.1 Å². The second-order valence-corrected chi connectivity index (χ2v) is 9.07. The summed E-state index contributed by atoms with van der Waals surface area (Å²) < 4.78 is 5.18. The summed E-state index contributed by atoms with van der Waals surface area (Å²) in [7, 11) is 0. The van der Waals surface area contributed by atoms with Crippen molar-refractivity contribution in [3.63, 3.8) is 0 Å². The van der Waals surface area contributed by atoms with E-state index in [2.05, 4.69) is 6.92 Å². The second-order valence-electron chi connectivity index (χ2n) is 9.07. The molecule has 1 fully saturated rings. The molecule has 0 aliphatic carbocycles. The Balaban J connectivity index is 1.84. The molecule has 1 saturated heterocycles. The van der Waals surface area contributed by atoms with Gasteiger partial charge in [0.15, 0.2) is 5.79 Å². The van der Waals surface area contributed by atoms with Crippen LogP contribution in [0.3, 0.4) is 0 Å². The first-order chi connectivity index (χ1) is 14.0. The Labute approximate surface area is 178 Å². The fourth-order valence-corrected chi connectivity index (χ4v) is 4.21. The van der Waals surface area contributed by atoms with Gasteiger partial charge in [-0.1, -0.05) is 110 Å². The van der Waals surface area contributed by atoms with Gasteiger partial charge in [-0.3, -0.25) is 0 Å². The Morgan fingerprint density at radius 3 is 1.45 bits per heavy atom. The van der Waals surface area contributed by atoms with Gasteiger partial charge in [0.25, 0.3) is 0 Å². The third-order valence-electron chi connectivity index (χ3n) is 6.32. The van der Waals surface area contributed by atoms with E-state index in [-0.39, 0.29) is 13.0 Å². The Bertz CT molecular complexity index is 378. The molecule has 0 aromatic rings. The lowest BCUT2D eigenvalue weighted by molar-refractivity contribution is -0.323. The van der Waals surface area contributed by atoms with E-state index in [1.54, 1.807) is 0 Å². The van der Waals surface area contributed by atoms with Crippen LogP contribution in [-0.4, -0.2) is 51.1 Å². The van der Waals surface area contributed by atoms with Gasteiger partial charge in [-0.05, 0) is 6.42 Å². The van der Waals surface area contributed by atoms with Crippen molar-refractivity contribution in [1.29, 1.82) is 0 Å². The molecule has 0 aromatic carbocycles. The molecule has 5 heteroatoms. The highest BCUT2D eigenvalue weighted by Crippen LogP contribution is 2.29. The van der Waals surface area contributed by atoms with Gasteiger partial charge in [-0.25, -0.2) is 0 Å². The zero-order valence-electron chi connectivity index (χ0n) is 18.9. The van der Waals surface area contributed by atoms with Crippen LogP contribution in [0.5, 0.6) is 0 Å². The van der Waals surface area contributed by atoms with Crippen LogP contribution in [0, 0.1) is 0 Å². The molecule has 174 valence electrons. The summed E-state index contributed by atoms with van der Waals surface area (Å²) in [5, 5.41) is 39.4. The Kier molecular flexibility index (Phi) is 15.3. The van der Waals surface area contributed by atoms with Gasteiger partial charge >= 0.3 is 0 Å². The molecule has 4 atom stereocenters. The Morgan fingerprint density at radius 1 is 0.655 bits per heavy atom. The number of unbranched alkanes of at least 4 members (excludes halogenated alkanes) is 16. The number of aliphatic hydroxyl groups is 4. The van der Waals surface area contributed by atoms with Crippen LogP contribution in [0.25, 0.3) is 0 Å². The summed E-state index contributed by atoms with van der Waals surface area (Å²) in [5.74, 6) is -1.73. The molecule has 29 heavy (non-hydrogen) atoms. The summed E-state index contributed by atoms with van der Waals surface area (Å²) in [4.78, 5) is 0. The van der Waals surface area contributed by atoms with Gasteiger partial charge in [0, 0.05) is 6.42 Å². The fourth-order valence-electron chi connectivity index (χ4n) is 4.21. The molecule has 0 saturated carbocycles. The van der Waals surface area contributed by atoms with Gasteiger partial charge in [-0.15, -0.1) is 0 Å². The first-order valence-electron chi connectivity index (χ1n) is 12.4. The van der Waals surface area contributed by atoms with Crippen molar-refractivity contribution in [2.75, 3.05) is 6.61 Å². The summed E-state index contributed by atoms with van der Waals surface area (Å²) in [6.45, 7) is 2.12. The van der Waals surface area contributed by atoms with Crippen LogP contribution in [0.2, 0.25) is 0 Å². The minimum Gasteiger partial charge on any atom is -0.388 e. The monoisotopic (exact) mass is 416 g/mol. The molecule has 0 amide bonds. The van der Waals surface area contributed by atoms with Crippen LogP contribution in [0.15, 0.2) is 0 Å². The van der Waals surface area contributed by atoms with Gasteiger partial charge in [-0.2, -0.15) is 0 Å². The Hall–Kier alpha value is -0.200. The number of ether oxygens (including phenoxy) is 1. The minimum absolute atomic E-state index is 0.145. The molecular formula is C24H48O5. The summed E-state index contributed by atoms with van der Waals surface area (Å²) in [6.07, 6.45) is 18.3. The predicted octanol–water partition coefficient (Wildman–Crippen LogP) is 4.83. The summed E-state index contributed by atoms with van der Waals surface area (Å²) in [6, 6.07) is 0.